The molecule has 0 spiro atoms. The molecule has 4 rings (SSSR count). The molecule has 0 saturated carbocycles. The molecule has 6 heteroatoms. The van der Waals surface area contributed by atoms with E-state index in [9.17, 15) is 14.0 Å². The number of benzene rings is 4. The zero-order valence-corrected chi connectivity index (χ0v) is 17.0. The van der Waals surface area contributed by atoms with Crippen LogP contribution in [0.25, 0.3) is 10.8 Å². The summed E-state index contributed by atoms with van der Waals surface area (Å²) >= 11 is 0. The van der Waals surface area contributed by atoms with Crippen molar-refractivity contribution in [3.05, 3.63) is 114 Å². The molecule has 0 unspecified atom stereocenters. The third-order valence-electron chi connectivity index (χ3n) is 4.78. The molecule has 32 heavy (non-hydrogen) atoms. The third-order valence-corrected chi connectivity index (χ3v) is 4.78. The van der Waals surface area contributed by atoms with E-state index in [1.54, 1.807) is 24.3 Å². The van der Waals surface area contributed by atoms with Gasteiger partial charge in [-0.15, -0.1) is 0 Å². The number of ether oxygens (including phenoxy) is 1. The van der Waals surface area contributed by atoms with Gasteiger partial charge in [0.15, 0.2) is 0 Å². The molecule has 0 aliphatic heterocycles. The second-order valence-corrected chi connectivity index (χ2v) is 7.08. The van der Waals surface area contributed by atoms with E-state index >= 15 is 0 Å². The summed E-state index contributed by atoms with van der Waals surface area (Å²) in [4.78, 5) is 24.3. The van der Waals surface area contributed by atoms with Crippen LogP contribution in [0.2, 0.25) is 0 Å². The molecule has 158 valence electrons. The minimum atomic E-state index is -0.647. The Labute approximate surface area is 184 Å². The van der Waals surface area contributed by atoms with Crippen molar-refractivity contribution in [1.29, 1.82) is 0 Å². The number of hydrogen-bond acceptors (Lipinski definition) is 4. The van der Waals surface area contributed by atoms with Gasteiger partial charge in [0.1, 0.15) is 11.6 Å². The molecule has 5 nitrogen and oxygen atoms in total. The highest BCUT2D eigenvalue weighted by Gasteiger charge is 2.09. The first-order valence-corrected chi connectivity index (χ1v) is 9.95. The van der Waals surface area contributed by atoms with Gasteiger partial charge in [-0.1, -0.05) is 48.5 Å². The van der Waals surface area contributed by atoms with Gasteiger partial charge in [-0.05, 0) is 64.4 Å². The average Bonchev–Trinajstić information content (AvgIpc) is 2.80. The lowest BCUT2D eigenvalue weighted by molar-refractivity contribution is -0.120. The average molecular weight is 426 g/mol. The molecule has 1 N–H and O–H groups in total. The van der Waals surface area contributed by atoms with Crippen LogP contribution < -0.4 is 10.2 Å². The zero-order valence-electron chi connectivity index (χ0n) is 17.0. The van der Waals surface area contributed by atoms with E-state index in [0.29, 0.717) is 11.3 Å². The summed E-state index contributed by atoms with van der Waals surface area (Å²) in [7, 11) is 0. The van der Waals surface area contributed by atoms with Crippen molar-refractivity contribution in [3.8, 4) is 5.75 Å². The zero-order chi connectivity index (χ0) is 22.3. The Morgan fingerprint density at radius 2 is 1.66 bits per heavy atom. The number of carbonyl (C=O) groups is 2. The largest absolute Gasteiger partial charge is 0.423 e. The highest BCUT2D eigenvalue weighted by atomic mass is 19.1. The molecule has 0 heterocycles. The molecule has 1 amide bonds. The lowest BCUT2D eigenvalue weighted by Crippen LogP contribution is -2.19. The number of halogens is 1. The van der Waals surface area contributed by atoms with Crippen LogP contribution in [0.3, 0.4) is 0 Å². The molecule has 0 saturated heterocycles. The lowest BCUT2D eigenvalue weighted by atomic mass is 10.0. The van der Waals surface area contributed by atoms with Crippen LogP contribution in [0, 0.1) is 5.82 Å². The highest BCUT2D eigenvalue weighted by molar-refractivity contribution is 5.92. The molecule has 0 aromatic heterocycles. The maximum absolute atomic E-state index is 13.2. The second kappa shape index (κ2) is 9.66. The van der Waals surface area contributed by atoms with E-state index in [2.05, 4.69) is 10.5 Å². The van der Waals surface area contributed by atoms with Crippen LogP contribution in [0.5, 0.6) is 5.75 Å². The van der Waals surface area contributed by atoms with Gasteiger partial charge in [-0.25, -0.2) is 14.6 Å². The van der Waals surface area contributed by atoms with Gasteiger partial charge in [-0.2, -0.15) is 5.10 Å². The Kier molecular flexibility index (Phi) is 6.32. The maximum atomic E-state index is 13.2. The van der Waals surface area contributed by atoms with Crippen molar-refractivity contribution >= 4 is 28.9 Å². The van der Waals surface area contributed by atoms with E-state index in [1.165, 1.54) is 24.4 Å². The fraction of sp³-hybridized carbons (Fsp3) is 0.0385. The van der Waals surface area contributed by atoms with Crippen molar-refractivity contribution in [3.63, 3.8) is 0 Å². The Balaban J connectivity index is 1.32. The smallest absolute Gasteiger partial charge is 0.343 e. The molecular weight excluding hydrogens is 407 g/mol. The van der Waals surface area contributed by atoms with Gasteiger partial charge in [0.25, 0.3) is 0 Å². The molecule has 0 aliphatic carbocycles. The SMILES string of the molecule is O=C(Cc1cccc2ccccc12)N/N=C/c1ccc(OC(=O)c2cccc(F)c2)cc1. The number of nitrogens with one attached hydrogen (secondary N) is 1. The Hall–Kier alpha value is -4.32. The van der Waals surface area contributed by atoms with Crippen molar-refractivity contribution in [2.75, 3.05) is 0 Å². The first kappa shape index (κ1) is 20.9. The third kappa shape index (κ3) is 5.23. The first-order valence-electron chi connectivity index (χ1n) is 9.95. The minimum absolute atomic E-state index is 0.129. The highest BCUT2D eigenvalue weighted by Crippen LogP contribution is 2.19. The molecule has 4 aromatic carbocycles. The van der Waals surface area contributed by atoms with Gasteiger partial charge in [0.05, 0.1) is 18.2 Å². The number of rotatable bonds is 6. The van der Waals surface area contributed by atoms with Gasteiger partial charge in [0, 0.05) is 0 Å². The fourth-order valence-electron chi connectivity index (χ4n) is 3.24. The lowest BCUT2D eigenvalue weighted by Gasteiger charge is -2.06. The topological polar surface area (TPSA) is 67.8 Å². The quantitative estimate of drug-likeness (QED) is 0.207. The number of carbonyl (C=O) groups excluding carboxylic acids is 2. The van der Waals surface area contributed by atoms with Crippen molar-refractivity contribution in [2.24, 2.45) is 5.10 Å². The maximum Gasteiger partial charge on any atom is 0.343 e. The standard InChI is InChI=1S/C26H19FN2O3/c27-22-9-4-8-21(15-22)26(31)32-23-13-11-18(12-14-23)17-28-29-25(30)16-20-7-3-6-19-5-1-2-10-24(19)20/h1-15,17H,16H2,(H,29,30)/b28-17+. The number of nitrogens with zero attached hydrogens (tertiary/aromatic N) is 1. The van der Waals surface area contributed by atoms with Gasteiger partial charge in [-0.3, -0.25) is 4.79 Å². The molecule has 4 aromatic rings. The summed E-state index contributed by atoms with van der Waals surface area (Å²) in [6.07, 6.45) is 1.72. The molecule has 0 fully saturated rings. The Bertz CT molecular complexity index is 1290. The number of hydrogen-bond donors (Lipinski definition) is 1. The predicted molar refractivity (Wildman–Crippen MR) is 121 cm³/mol. The summed E-state index contributed by atoms with van der Waals surface area (Å²) in [6, 6.07) is 25.6. The van der Waals surface area contributed by atoms with Crippen LogP contribution >= 0.6 is 0 Å². The van der Waals surface area contributed by atoms with E-state index in [4.69, 9.17) is 4.74 Å². The first-order chi connectivity index (χ1) is 15.6. The summed E-state index contributed by atoms with van der Waals surface area (Å²) in [5, 5.41) is 6.11. The second-order valence-electron chi connectivity index (χ2n) is 7.08. The van der Waals surface area contributed by atoms with E-state index < -0.39 is 11.8 Å². The summed E-state index contributed by atoms with van der Waals surface area (Å²) < 4.78 is 18.5. The number of esters is 1. The minimum Gasteiger partial charge on any atom is -0.423 e. The number of amides is 1. The van der Waals surface area contributed by atoms with Crippen LogP contribution in [0.4, 0.5) is 4.39 Å². The van der Waals surface area contributed by atoms with Crippen molar-refractivity contribution in [1.82, 2.24) is 5.43 Å². The van der Waals surface area contributed by atoms with Gasteiger partial charge in [0.2, 0.25) is 5.91 Å². The van der Waals surface area contributed by atoms with Crippen molar-refractivity contribution in [2.45, 2.75) is 6.42 Å². The Morgan fingerprint density at radius 3 is 2.47 bits per heavy atom. The molecule has 0 atom stereocenters. The molecule has 0 bridgehead atoms. The fourth-order valence-corrected chi connectivity index (χ4v) is 3.24. The summed E-state index contributed by atoms with van der Waals surface area (Å²) in [5.74, 6) is -1.06. The van der Waals surface area contributed by atoms with Crippen LogP contribution in [0.15, 0.2) is 96.1 Å². The van der Waals surface area contributed by atoms with Crippen LogP contribution in [-0.2, 0) is 11.2 Å². The van der Waals surface area contributed by atoms with Gasteiger partial charge >= 0.3 is 5.97 Å². The predicted octanol–water partition coefficient (Wildman–Crippen LogP) is 4.89. The van der Waals surface area contributed by atoms with Crippen LogP contribution in [-0.4, -0.2) is 18.1 Å². The number of hydrazone groups is 1. The van der Waals surface area contributed by atoms with Crippen LogP contribution in [0.1, 0.15) is 21.5 Å². The van der Waals surface area contributed by atoms with Crippen molar-refractivity contribution < 1.29 is 18.7 Å². The number of fused-ring (bicyclic) bond motifs is 1. The normalized spacial score (nSPS) is 10.9. The molecule has 0 aliphatic rings. The van der Waals surface area contributed by atoms with Gasteiger partial charge < -0.3 is 4.74 Å². The monoisotopic (exact) mass is 426 g/mol. The molecule has 0 radical (unpaired) electrons. The van der Waals surface area contributed by atoms with E-state index in [1.807, 2.05) is 42.5 Å². The Morgan fingerprint density at radius 1 is 0.906 bits per heavy atom. The summed E-state index contributed by atoms with van der Waals surface area (Å²) in [5.41, 5.74) is 4.30. The van der Waals surface area contributed by atoms with E-state index in [-0.39, 0.29) is 17.9 Å². The van der Waals surface area contributed by atoms with E-state index in [0.717, 1.165) is 22.4 Å². The molecular formula is C26H19FN2O3. The summed E-state index contributed by atoms with van der Waals surface area (Å²) in [6.45, 7) is 0.